The molecule has 0 amide bonds. The highest BCUT2D eigenvalue weighted by molar-refractivity contribution is 5.46. The molecule has 1 fully saturated rings. The number of likely N-dealkylation sites (N-methyl/N-ethyl adjacent to an activating group) is 1. The molecule has 0 aliphatic carbocycles. The van der Waals surface area contributed by atoms with Crippen molar-refractivity contribution in [3.8, 4) is 0 Å². The number of nitrogens with zero attached hydrogens (tertiary/aromatic N) is 2. The molecule has 0 radical (unpaired) electrons. The molecule has 1 aromatic carbocycles. The van der Waals surface area contributed by atoms with Gasteiger partial charge in [0.15, 0.2) is 0 Å². The average Bonchev–Trinajstić information content (AvgIpc) is 2.70. The normalized spacial score (nSPS) is 21.8. The predicted octanol–water partition coefficient (Wildman–Crippen LogP) is 1.40. The Morgan fingerprint density at radius 1 is 1.38 bits per heavy atom. The number of anilines is 1. The van der Waals surface area contributed by atoms with Gasteiger partial charge >= 0.3 is 0 Å². The van der Waals surface area contributed by atoms with E-state index in [1.807, 2.05) is 12.1 Å². The monoisotopic (exact) mass is 219 g/mol. The molecule has 0 bridgehead atoms. The van der Waals surface area contributed by atoms with Crippen LogP contribution < -0.4 is 5.73 Å². The van der Waals surface area contributed by atoms with Crippen molar-refractivity contribution in [2.75, 3.05) is 32.9 Å². The van der Waals surface area contributed by atoms with E-state index < -0.39 is 0 Å². The number of nitrogen functional groups attached to an aromatic ring is 1. The number of rotatable bonds is 3. The molecule has 1 heterocycles. The summed E-state index contributed by atoms with van der Waals surface area (Å²) < 4.78 is 0. The van der Waals surface area contributed by atoms with Crippen molar-refractivity contribution in [1.29, 1.82) is 0 Å². The van der Waals surface area contributed by atoms with Crippen LogP contribution in [-0.2, 0) is 6.54 Å². The Bertz CT molecular complexity index is 349. The second kappa shape index (κ2) is 4.85. The third-order valence-electron chi connectivity index (χ3n) is 3.43. The van der Waals surface area contributed by atoms with Crippen LogP contribution in [0.25, 0.3) is 0 Å². The van der Waals surface area contributed by atoms with Crippen LogP contribution >= 0.6 is 0 Å². The summed E-state index contributed by atoms with van der Waals surface area (Å²) in [5.41, 5.74) is 8.12. The summed E-state index contributed by atoms with van der Waals surface area (Å²) in [7, 11) is 4.32. The summed E-state index contributed by atoms with van der Waals surface area (Å²) >= 11 is 0. The van der Waals surface area contributed by atoms with Crippen molar-refractivity contribution < 1.29 is 0 Å². The molecule has 3 heteroatoms. The lowest BCUT2D eigenvalue weighted by Crippen LogP contribution is -2.31. The Kier molecular flexibility index (Phi) is 3.46. The van der Waals surface area contributed by atoms with Crippen LogP contribution in [0.2, 0.25) is 0 Å². The maximum absolute atomic E-state index is 5.96. The summed E-state index contributed by atoms with van der Waals surface area (Å²) in [5, 5.41) is 0. The third kappa shape index (κ3) is 2.54. The minimum atomic E-state index is 0.699. The van der Waals surface area contributed by atoms with Crippen molar-refractivity contribution in [2.45, 2.75) is 19.0 Å². The molecular weight excluding hydrogens is 198 g/mol. The van der Waals surface area contributed by atoms with Crippen molar-refractivity contribution >= 4 is 5.69 Å². The molecule has 1 aliphatic heterocycles. The van der Waals surface area contributed by atoms with Crippen LogP contribution in [0.1, 0.15) is 12.0 Å². The lowest BCUT2D eigenvalue weighted by atomic mass is 10.2. The number of likely N-dealkylation sites (tertiary alicyclic amines) is 1. The smallest absolute Gasteiger partial charge is 0.0359 e. The highest BCUT2D eigenvalue weighted by Crippen LogP contribution is 2.19. The molecule has 0 spiro atoms. The Labute approximate surface area is 97.8 Å². The van der Waals surface area contributed by atoms with Gasteiger partial charge in [-0.25, -0.2) is 0 Å². The molecule has 2 N–H and O–H groups in total. The Hall–Kier alpha value is -1.06. The maximum atomic E-state index is 5.96. The Morgan fingerprint density at radius 3 is 2.75 bits per heavy atom. The van der Waals surface area contributed by atoms with Crippen molar-refractivity contribution in [3.63, 3.8) is 0 Å². The second-order valence-corrected chi connectivity index (χ2v) is 4.84. The van der Waals surface area contributed by atoms with Gasteiger partial charge < -0.3 is 10.6 Å². The maximum Gasteiger partial charge on any atom is 0.0359 e. The lowest BCUT2D eigenvalue weighted by Gasteiger charge is -2.20. The quantitative estimate of drug-likeness (QED) is 0.780. The van der Waals surface area contributed by atoms with E-state index in [-0.39, 0.29) is 0 Å². The van der Waals surface area contributed by atoms with E-state index in [1.165, 1.54) is 18.5 Å². The standard InChI is InChI=1S/C13H21N3/c1-15(2)12-7-8-16(10-12)9-11-5-3-4-6-13(11)14/h3-6,12H,7-10,14H2,1-2H3. The van der Waals surface area contributed by atoms with Gasteiger partial charge in [0.1, 0.15) is 0 Å². The van der Waals surface area contributed by atoms with Crippen LogP contribution in [0.3, 0.4) is 0 Å². The van der Waals surface area contributed by atoms with Gasteiger partial charge in [0.2, 0.25) is 0 Å². The van der Waals surface area contributed by atoms with Crippen LogP contribution in [0, 0.1) is 0 Å². The van der Waals surface area contributed by atoms with Gasteiger partial charge in [-0.05, 0) is 32.1 Å². The number of hydrogen-bond donors (Lipinski definition) is 1. The Morgan fingerprint density at radius 2 is 2.12 bits per heavy atom. The molecular formula is C13H21N3. The van der Waals surface area contributed by atoms with E-state index in [1.54, 1.807) is 0 Å². The predicted molar refractivity (Wildman–Crippen MR) is 68.2 cm³/mol. The molecule has 1 aromatic rings. The minimum Gasteiger partial charge on any atom is -0.398 e. The SMILES string of the molecule is CN(C)C1CCN(Cc2ccccc2N)C1. The third-order valence-corrected chi connectivity index (χ3v) is 3.43. The molecule has 1 aliphatic rings. The average molecular weight is 219 g/mol. The molecule has 1 unspecified atom stereocenters. The van der Waals surface area contributed by atoms with E-state index in [0.29, 0.717) is 6.04 Å². The van der Waals surface area contributed by atoms with Crippen molar-refractivity contribution in [1.82, 2.24) is 9.80 Å². The lowest BCUT2D eigenvalue weighted by molar-refractivity contribution is 0.265. The minimum absolute atomic E-state index is 0.699. The van der Waals surface area contributed by atoms with Gasteiger partial charge in [-0.2, -0.15) is 0 Å². The first kappa shape index (κ1) is 11.4. The van der Waals surface area contributed by atoms with E-state index in [4.69, 9.17) is 5.73 Å². The van der Waals surface area contributed by atoms with Crippen molar-refractivity contribution in [2.24, 2.45) is 0 Å². The fourth-order valence-electron chi connectivity index (χ4n) is 2.30. The van der Waals surface area contributed by atoms with Crippen molar-refractivity contribution in [3.05, 3.63) is 29.8 Å². The highest BCUT2D eigenvalue weighted by Gasteiger charge is 2.23. The molecule has 3 nitrogen and oxygen atoms in total. The summed E-state index contributed by atoms with van der Waals surface area (Å²) in [6.07, 6.45) is 1.26. The van der Waals surface area contributed by atoms with Gasteiger partial charge in [-0.15, -0.1) is 0 Å². The van der Waals surface area contributed by atoms with Gasteiger partial charge in [0.25, 0.3) is 0 Å². The fourth-order valence-corrected chi connectivity index (χ4v) is 2.30. The number of hydrogen-bond acceptors (Lipinski definition) is 3. The zero-order valence-corrected chi connectivity index (χ0v) is 10.2. The van der Waals surface area contributed by atoms with E-state index >= 15 is 0 Å². The summed E-state index contributed by atoms with van der Waals surface area (Å²) in [4.78, 5) is 4.80. The molecule has 0 aromatic heterocycles. The first-order chi connectivity index (χ1) is 7.66. The largest absolute Gasteiger partial charge is 0.398 e. The van der Waals surface area contributed by atoms with Crippen LogP contribution in [0.4, 0.5) is 5.69 Å². The summed E-state index contributed by atoms with van der Waals surface area (Å²) in [6, 6.07) is 8.86. The van der Waals surface area contributed by atoms with Gasteiger partial charge in [-0.1, -0.05) is 18.2 Å². The highest BCUT2D eigenvalue weighted by atomic mass is 15.2. The number of para-hydroxylation sites is 1. The van der Waals surface area contributed by atoms with E-state index in [2.05, 4.69) is 36.0 Å². The number of benzene rings is 1. The fraction of sp³-hybridized carbons (Fsp3) is 0.538. The van der Waals surface area contributed by atoms with E-state index in [0.717, 1.165) is 18.8 Å². The first-order valence-electron chi connectivity index (χ1n) is 5.89. The molecule has 16 heavy (non-hydrogen) atoms. The van der Waals surface area contributed by atoms with Crippen LogP contribution in [0.15, 0.2) is 24.3 Å². The zero-order valence-electron chi connectivity index (χ0n) is 10.2. The molecule has 1 saturated heterocycles. The zero-order chi connectivity index (χ0) is 11.5. The number of nitrogens with two attached hydrogens (primary N) is 1. The van der Waals surface area contributed by atoms with E-state index in [9.17, 15) is 0 Å². The topological polar surface area (TPSA) is 32.5 Å². The second-order valence-electron chi connectivity index (χ2n) is 4.84. The summed E-state index contributed by atoms with van der Waals surface area (Å²) in [6.45, 7) is 3.32. The van der Waals surface area contributed by atoms with Crippen LogP contribution in [-0.4, -0.2) is 43.0 Å². The molecule has 2 rings (SSSR count). The molecule has 0 saturated carbocycles. The van der Waals surface area contributed by atoms with Gasteiger partial charge in [0, 0.05) is 31.4 Å². The van der Waals surface area contributed by atoms with Crippen LogP contribution in [0.5, 0.6) is 0 Å². The first-order valence-corrected chi connectivity index (χ1v) is 5.89. The van der Waals surface area contributed by atoms with Gasteiger partial charge in [-0.3, -0.25) is 4.90 Å². The molecule has 1 atom stereocenters. The molecule has 88 valence electrons. The summed E-state index contributed by atoms with van der Waals surface area (Å²) in [5.74, 6) is 0. The van der Waals surface area contributed by atoms with Gasteiger partial charge in [0.05, 0.1) is 0 Å². The Balaban J connectivity index is 1.95.